The molecule has 0 aromatic heterocycles. The van der Waals surface area contributed by atoms with E-state index < -0.39 is 0 Å². The molecular formula is C14H21NO3. The van der Waals surface area contributed by atoms with Crippen molar-refractivity contribution in [1.82, 2.24) is 5.32 Å². The molecule has 0 bridgehead atoms. The highest BCUT2D eigenvalue weighted by molar-refractivity contribution is 5.31. The van der Waals surface area contributed by atoms with E-state index in [1.54, 1.807) is 7.11 Å². The second kappa shape index (κ2) is 6.61. The molecular weight excluding hydrogens is 230 g/mol. The molecule has 2 unspecified atom stereocenters. The first-order valence-corrected chi connectivity index (χ1v) is 6.41. The molecule has 1 N–H and O–H groups in total. The van der Waals surface area contributed by atoms with Crippen molar-refractivity contribution >= 4 is 0 Å². The van der Waals surface area contributed by atoms with Gasteiger partial charge in [0.2, 0.25) is 0 Å². The van der Waals surface area contributed by atoms with Crippen LogP contribution >= 0.6 is 0 Å². The molecule has 2 rings (SSSR count). The van der Waals surface area contributed by atoms with E-state index in [-0.39, 0.29) is 0 Å². The quantitative estimate of drug-likeness (QED) is 0.783. The van der Waals surface area contributed by atoms with E-state index in [0.29, 0.717) is 18.8 Å². The number of hydrogen-bond acceptors (Lipinski definition) is 4. The summed E-state index contributed by atoms with van der Waals surface area (Å²) >= 11 is 0. The minimum Gasteiger partial charge on any atom is -0.497 e. The summed E-state index contributed by atoms with van der Waals surface area (Å²) in [5, 5.41) is 3.45. The largest absolute Gasteiger partial charge is 0.497 e. The van der Waals surface area contributed by atoms with Gasteiger partial charge in [-0.1, -0.05) is 0 Å². The molecule has 1 heterocycles. The number of benzene rings is 1. The van der Waals surface area contributed by atoms with E-state index >= 15 is 0 Å². The molecule has 0 aliphatic carbocycles. The Morgan fingerprint density at radius 2 is 2.00 bits per heavy atom. The van der Waals surface area contributed by atoms with Crippen LogP contribution in [0.4, 0.5) is 0 Å². The maximum Gasteiger partial charge on any atom is 0.119 e. The van der Waals surface area contributed by atoms with Crippen LogP contribution in [0, 0.1) is 0 Å². The first kappa shape index (κ1) is 13.2. The molecule has 1 aromatic rings. The van der Waals surface area contributed by atoms with Crippen LogP contribution in [0.3, 0.4) is 0 Å². The fourth-order valence-corrected chi connectivity index (χ4v) is 2.08. The van der Waals surface area contributed by atoms with Crippen molar-refractivity contribution in [3.05, 3.63) is 24.3 Å². The van der Waals surface area contributed by atoms with E-state index in [1.807, 2.05) is 24.3 Å². The Labute approximate surface area is 108 Å². The predicted octanol–water partition coefficient (Wildman–Crippen LogP) is 1.84. The molecule has 2 atom stereocenters. The molecule has 0 spiro atoms. The van der Waals surface area contributed by atoms with Gasteiger partial charge in [-0.3, -0.25) is 0 Å². The van der Waals surface area contributed by atoms with Gasteiger partial charge in [0.15, 0.2) is 0 Å². The molecule has 100 valence electrons. The van der Waals surface area contributed by atoms with Gasteiger partial charge in [-0.2, -0.15) is 0 Å². The lowest BCUT2D eigenvalue weighted by atomic mass is 10.1. The summed E-state index contributed by atoms with van der Waals surface area (Å²) in [6.45, 7) is 4.47. The third-order valence-corrected chi connectivity index (χ3v) is 3.21. The average molecular weight is 251 g/mol. The van der Waals surface area contributed by atoms with Crippen LogP contribution in [0.2, 0.25) is 0 Å². The van der Waals surface area contributed by atoms with Gasteiger partial charge < -0.3 is 19.5 Å². The SMILES string of the molecule is COc1ccc(OCCNC2CCOC2C)cc1. The van der Waals surface area contributed by atoms with Crippen LogP contribution in [-0.4, -0.2) is 39.0 Å². The fraction of sp³-hybridized carbons (Fsp3) is 0.571. The molecule has 1 aliphatic heterocycles. The summed E-state index contributed by atoms with van der Waals surface area (Å²) in [5.74, 6) is 1.71. The Kier molecular flexibility index (Phi) is 4.84. The highest BCUT2D eigenvalue weighted by Gasteiger charge is 2.22. The van der Waals surface area contributed by atoms with Crippen molar-refractivity contribution in [2.45, 2.75) is 25.5 Å². The van der Waals surface area contributed by atoms with Crippen molar-refractivity contribution in [2.75, 3.05) is 26.9 Å². The summed E-state index contributed by atoms with van der Waals surface area (Å²) in [6.07, 6.45) is 1.40. The van der Waals surface area contributed by atoms with Gasteiger partial charge >= 0.3 is 0 Å². The maximum atomic E-state index is 5.64. The minimum atomic E-state index is 0.311. The predicted molar refractivity (Wildman–Crippen MR) is 70.3 cm³/mol. The Morgan fingerprint density at radius 3 is 2.61 bits per heavy atom. The third-order valence-electron chi connectivity index (χ3n) is 3.21. The zero-order chi connectivity index (χ0) is 12.8. The molecule has 1 fully saturated rings. The van der Waals surface area contributed by atoms with Crippen LogP contribution in [-0.2, 0) is 4.74 Å². The molecule has 4 nitrogen and oxygen atoms in total. The molecule has 0 radical (unpaired) electrons. The van der Waals surface area contributed by atoms with Crippen LogP contribution in [0.15, 0.2) is 24.3 Å². The highest BCUT2D eigenvalue weighted by atomic mass is 16.5. The van der Waals surface area contributed by atoms with Crippen LogP contribution in [0.25, 0.3) is 0 Å². The van der Waals surface area contributed by atoms with Crippen LogP contribution in [0.5, 0.6) is 11.5 Å². The van der Waals surface area contributed by atoms with E-state index in [2.05, 4.69) is 12.2 Å². The normalized spacial score (nSPS) is 23.0. The standard InChI is InChI=1S/C14H21NO3/c1-11-14(7-9-17-11)15-8-10-18-13-5-3-12(16-2)4-6-13/h3-6,11,14-15H,7-10H2,1-2H3. The lowest BCUT2D eigenvalue weighted by Gasteiger charge is -2.16. The van der Waals surface area contributed by atoms with Gasteiger partial charge in [-0.25, -0.2) is 0 Å². The summed E-state index contributed by atoms with van der Waals surface area (Å²) in [4.78, 5) is 0. The Hall–Kier alpha value is -1.26. The van der Waals surface area contributed by atoms with E-state index in [1.165, 1.54) is 0 Å². The smallest absolute Gasteiger partial charge is 0.119 e. The Morgan fingerprint density at radius 1 is 1.28 bits per heavy atom. The molecule has 4 heteroatoms. The van der Waals surface area contributed by atoms with Crippen molar-refractivity contribution < 1.29 is 14.2 Å². The average Bonchev–Trinajstić information content (AvgIpc) is 2.81. The first-order chi connectivity index (χ1) is 8.79. The van der Waals surface area contributed by atoms with Gasteiger partial charge in [0.25, 0.3) is 0 Å². The molecule has 0 saturated carbocycles. The number of ether oxygens (including phenoxy) is 3. The second-order valence-corrected chi connectivity index (χ2v) is 4.45. The molecule has 1 saturated heterocycles. The molecule has 1 aromatic carbocycles. The van der Waals surface area contributed by atoms with Gasteiger partial charge in [0.1, 0.15) is 18.1 Å². The van der Waals surface area contributed by atoms with E-state index in [0.717, 1.165) is 31.1 Å². The van der Waals surface area contributed by atoms with E-state index in [4.69, 9.17) is 14.2 Å². The van der Waals surface area contributed by atoms with Crippen molar-refractivity contribution in [3.8, 4) is 11.5 Å². The van der Waals surface area contributed by atoms with Gasteiger partial charge in [0.05, 0.1) is 13.2 Å². The van der Waals surface area contributed by atoms with Crippen molar-refractivity contribution in [1.29, 1.82) is 0 Å². The molecule has 1 aliphatic rings. The van der Waals surface area contributed by atoms with Crippen LogP contribution < -0.4 is 14.8 Å². The lowest BCUT2D eigenvalue weighted by Crippen LogP contribution is -2.37. The summed E-state index contributed by atoms with van der Waals surface area (Å²) in [5.41, 5.74) is 0. The second-order valence-electron chi connectivity index (χ2n) is 4.45. The number of rotatable bonds is 6. The zero-order valence-electron chi connectivity index (χ0n) is 11.0. The minimum absolute atomic E-state index is 0.311. The highest BCUT2D eigenvalue weighted by Crippen LogP contribution is 2.17. The number of nitrogens with one attached hydrogen (secondary N) is 1. The van der Waals surface area contributed by atoms with Crippen molar-refractivity contribution in [3.63, 3.8) is 0 Å². The van der Waals surface area contributed by atoms with E-state index in [9.17, 15) is 0 Å². The van der Waals surface area contributed by atoms with Gasteiger partial charge in [-0.05, 0) is 37.6 Å². The lowest BCUT2D eigenvalue weighted by molar-refractivity contribution is 0.112. The van der Waals surface area contributed by atoms with Gasteiger partial charge in [-0.15, -0.1) is 0 Å². The van der Waals surface area contributed by atoms with Crippen molar-refractivity contribution in [2.24, 2.45) is 0 Å². The monoisotopic (exact) mass is 251 g/mol. The summed E-state index contributed by atoms with van der Waals surface area (Å²) < 4.78 is 16.2. The Bertz CT molecular complexity index is 353. The third kappa shape index (κ3) is 3.62. The van der Waals surface area contributed by atoms with Gasteiger partial charge in [0, 0.05) is 19.2 Å². The first-order valence-electron chi connectivity index (χ1n) is 6.41. The summed E-state index contributed by atoms with van der Waals surface area (Å²) in [7, 11) is 1.66. The maximum absolute atomic E-state index is 5.64. The zero-order valence-corrected chi connectivity index (χ0v) is 11.0. The Balaban J connectivity index is 1.65. The fourth-order valence-electron chi connectivity index (χ4n) is 2.08. The topological polar surface area (TPSA) is 39.7 Å². The molecule has 18 heavy (non-hydrogen) atoms. The summed E-state index contributed by atoms with van der Waals surface area (Å²) in [6, 6.07) is 8.09. The van der Waals surface area contributed by atoms with Crippen LogP contribution in [0.1, 0.15) is 13.3 Å². The number of methoxy groups -OCH3 is 1. The molecule has 0 amide bonds. The number of hydrogen-bond donors (Lipinski definition) is 1.